The van der Waals surface area contributed by atoms with Crippen molar-refractivity contribution in [1.29, 1.82) is 0 Å². The highest BCUT2D eigenvalue weighted by Gasteiger charge is 2.17. The summed E-state index contributed by atoms with van der Waals surface area (Å²) >= 11 is 1.29. The first-order valence-corrected chi connectivity index (χ1v) is 5.65. The molecule has 0 radical (unpaired) electrons. The minimum Gasteiger partial charge on any atom is -0.385 e. The van der Waals surface area contributed by atoms with Gasteiger partial charge >= 0.3 is 0 Å². The normalized spacial score (nSPS) is 15.1. The number of ketones is 2. The van der Waals surface area contributed by atoms with E-state index in [0.717, 1.165) is 0 Å². The van der Waals surface area contributed by atoms with Gasteiger partial charge in [-0.3, -0.25) is 9.59 Å². The Bertz CT molecular complexity index is 262. The van der Waals surface area contributed by atoms with Gasteiger partial charge in [-0.1, -0.05) is 13.8 Å². The maximum atomic E-state index is 11.2. The zero-order chi connectivity index (χ0) is 11.1. The van der Waals surface area contributed by atoms with Crippen LogP contribution in [-0.2, 0) is 9.59 Å². The topological polar surface area (TPSA) is 46.2 Å². The molecule has 0 saturated carbocycles. The van der Waals surface area contributed by atoms with Crippen molar-refractivity contribution in [1.82, 2.24) is 5.32 Å². The Morgan fingerprint density at radius 1 is 1.14 bits per heavy atom. The maximum absolute atomic E-state index is 11.2. The summed E-state index contributed by atoms with van der Waals surface area (Å²) in [5.41, 5.74) is 0.359. The first-order valence-electron chi connectivity index (χ1n) is 4.43. The minimum absolute atomic E-state index is 0.105. The van der Waals surface area contributed by atoms with Crippen molar-refractivity contribution in [2.24, 2.45) is 0 Å². The van der Waals surface area contributed by atoms with Crippen LogP contribution >= 0.6 is 11.8 Å². The molecule has 0 fully saturated rings. The lowest BCUT2D eigenvalue weighted by atomic mass is 10.1. The van der Waals surface area contributed by atoms with Crippen LogP contribution in [-0.4, -0.2) is 24.9 Å². The van der Waals surface area contributed by atoms with Crippen molar-refractivity contribution in [3.63, 3.8) is 0 Å². The van der Waals surface area contributed by atoms with Crippen LogP contribution in [0.15, 0.2) is 22.8 Å². The number of rotatable bonds is 2. The lowest BCUT2D eigenvalue weighted by Gasteiger charge is -2.09. The number of likely N-dealkylation sites (N-methyl/N-ethyl adjacent to an activating group) is 1. The summed E-state index contributed by atoms with van der Waals surface area (Å²) in [7, 11) is 1.62. The average molecular weight is 213 g/mol. The summed E-state index contributed by atoms with van der Waals surface area (Å²) in [4.78, 5) is 22.8. The summed E-state index contributed by atoms with van der Waals surface area (Å²) in [5, 5.41) is 2.67. The molecule has 0 heterocycles. The van der Waals surface area contributed by atoms with Gasteiger partial charge in [0.1, 0.15) is 0 Å². The van der Waals surface area contributed by atoms with Gasteiger partial charge in [-0.05, 0) is 6.26 Å². The molecule has 4 heteroatoms. The van der Waals surface area contributed by atoms with Crippen LogP contribution in [0.3, 0.4) is 0 Å². The lowest BCUT2D eigenvalue weighted by Crippen LogP contribution is -2.20. The van der Waals surface area contributed by atoms with Crippen LogP contribution in [0.1, 0.15) is 13.8 Å². The fourth-order valence-electron chi connectivity index (χ4n) is 0.896. The summed E-state index contributed by atoms with van der Waals surface area (Å²) in [6.45, 7) is 4.00. The zero-order valence-corrected chi connectivity index (χ0v) is 9.70. The van der Waals surface area contributed by atoms with Crippen LogP contribution < -0.4 is 5.32 Å². The number of thioether (sulfide) groups is 1. The fourth-order valence-corrected chi connectivity index (χ4v) is 1.38. The smallest absolute Gasteiger partial charge is 0.203 e. The Kier molecular flexibility index (Phi) is 5.95. The highest BCUT2D eigenvalue weighted by Crippen LogP contribution is 2.18. The Labute approximate surface area is 88.6 Å². The predicted octanol–water partition coefficient (Wildman–Crippen LogP) is 1.51. The number of carbonyl (C=O) groups excluding carboxylic acids is 2. The van der Waals surface area contributed by atoms with Crippen molar-refractivity contribution in [2.45, 2.75) is 13.8 Å². The Morgan fingerprint density at radius 3 is 2.14 bits per heavy atom. The Balaban J connectivity index is 0.000000791. The molecule has 0 aromatic rings. The van der Waals surface area contributed by atoms with Crippen LogP contribution in [0.25, 0.3) is 0 Å². The third kappa shape index (κ3) is 3.03. The molecule has 0 unspecified atom stereocenters. The SMILES string of the molecule is CC.CNC1=CC(=O)C(SC)=CC1=O. The van der Waals surface area contributed by atoms with E-state index in [0.29, 0.717) is 10.6 Å². The molecule has 1 aliphatic rings. The van der Waals surface area contributed by atoms with E-state index in [1.807, 2.05) is 13.8 Å². The summed E-state index contributed by atoms with van der Waals surface area (Å²) in [6.07, 6.45) is 4.46. The molecule has 1 rings (SSSR count). The largest absolute Gasteiger partial charge is 0.385 e. The van der Waals surface area contributed by atoms with Crippen LogP contribution in [0.4, 0.5) is 0 Å². The second-order valence-electron chi connectivity index (χ2n) is 2.25. The van der Waals surface area contributed by atoms with Gasteiger partial charge in [0.2, 0.25) is 5.78 Å². The zero-order valence-electron chi connectivity index (χ0n) is 8.88. The van der Waals surface area contributed by atoms with Crippen LogP contribution in [0, 0.1) is 0 Å². The molecular formula is C10H15NO2S. The van der Waals surface area contributed by atoms with Crippen molar-refractivity contribution in [3.05, 3.63) is 22.8 Å². The molecule has 0 aromatic carbocycles. The minimum atomic E-state index is -0.138. The maximum Gasteiger partial charge on any atom is 0.203 e. The molecule has 0 atom stereocenters. The highest BCUT2D eigenvalue weighted by atomic mass is 32.2. The molecule has 78 valence electrons. The van der Waals surface area contributed by atoms with Crippen LogP contribution in [0.5, 0.6) is 0 Å². The number of carbonyl (C=O) groups is 2. The first-order chi connectivity index (χ1) is 6.69. The Morgan fingerprint density at radius 2 is 1.71 bits per heavy atom. The third-order valence-corrected chi connectivity index (χ3v) is 2.29. The van der Waals surface area contributed by atoms with Gasteiger partial charge in [-0.2, -0.15) is 0 Å². The summed E-state index contributed by atoms with van der Waals surface area (Å²) in [6, 6.07) is 0. The van der Waals surface area contributed by atoms with Gasteiger partial charge in [-0.25, -0.2) is 0 Å². The van der Waals surface area contributed by atoms with Crippen LogP contribution in [0.2, 0.25) is 0 Å². The van der Waals surface area contributed by atoms with E-state index in [9.17, 15) is 9.59 Å². The van der Waals surface area contributed by atoms with Gasteiger partial charge in [0.15, 0.2) is 5.78 Å². The van der Waals surface area contributed by atoms with Gasteiger partial charge < -0.3 is 5.32 Å². The predicted molar refractivity (Wildman–Crippen MR) is 60.1 cm³/mol. The number of hydrogen-bond donors (Lipinski definition) is 1. The second-order valence-corrected chi connectivity index (χ2v) is 3.10. The van der Waals surface area contributed by atoms with Crippen molar-refractivity contribution in [2.75, 3.05) is 13.3 Å². The quantitative estimate of drug-likeness (QED) is 0.706. The van der Waals surface area contributed by atoms with E-state index >= 15 is 0 Å². The molecule has 0 spiro atoms. The molecule has 0 aromatic heterocycles. The highest BCUT2D eigenvalue weighted by molar-refractivity contribution is 8.03. The second kappa shape index (κ2) is 6.43. The van der Waals surface area contributed by atoms with Crippen molar-refractivity contribution < 1.29 is 9.59 Å². The van der Waals surface area contributed by atoms with E-state index in [2.05, 4.69) is 5.32 Å². The molecule has 14 heavy (non-hydrogen) atoms. The number of hydrogen-bond acceptors (Lipinski definition) is 4. The molecule has 0 amide bonds. The molecule has 3 nitrogen and oxygen atoms in total. The van der Waals surface area contributed by atoms with Gasteiger partial charge in [0.05, 0.1) is 10.6 Å². The average Bonchev–Trinajstić information content (AvgIpc) is 2.23. The standard InChI is InChI=1S/C8H9NO2S.C2H6/c1-9-5-3-7(11)8(12-2)4-6(5)10;1-2/h3-4,9H,1-2H3;1-2H3. The van der Waals surface area contributed by atoms with E-state index in [1.54, 1.807) is 13.3 Å². The third-order valence-electron chi connectivity index (χ3n) is 1.54. The molecule has 1 aliphatic carbocycles. The Hall–Kier alpha value is -1.03. The van der Waals surface area contributed by atoms with E-state index in [1.165, 1.54) is 23.9 Å². The van der Waals surface area contributed by atoms with Gasteiger partial charge in [-0.15, -0.1) is 11.8 Å². The van der Waals surface area contributed by atoms with E-state index < -0.39 is 0 Å². The van der Waals surface area contributed by atoms with E-state index in [-0.39, 0.29) is 11.6 Å². The summed E-state index contributed by atoms with van der Waals surface area (Å²) < 4.78 is 0. The fraction of sp³-hybridized carbons (Fsp3) is 0.400. The summed E-state index contributed by atoms with van der Waals surface area (Å²) in [5.74, 6) is -0.243. The molecule has 0 bridgehead atoms. The molecule has 0 aliphatic heterocycles. The first kappa shape index (κ1) is 13.0. The monoisotopic (exact) mass is 213 g/mol. The molecule has 0 saturated heterocycles. The van der Waals surface area contributed by atoms with E-state index in [4.69, 9.17) is 0 Å². The number of allylic oxidation sites excluding steroid dienone is 3. The molecule has 1 N–H and O–H groups in total. The van der Waals surface area contributed by atoms with Gasteiger partial charge in [0.25, 0.3) is 0 Å². The van der Waals surface area contributed by atoms with Crippen molar-refractivity contribution >= 4 is 23.3 Å². The van der Waals surface area contributed by atoms with Crippen molar-refractivity contribution in [3.8, 4) is 0 Å². The molecular weight excluding hydrogens is 198 g/mol. The number of nitrogens with one attached hydrogen (secondary N) is 1. The lowest BCUT2D eigenvalue weighted by molar-refractivity contribution is -0.115. The van der Waals surface area contributed by atoms with Gasteiger partial charge in [0, 0.05) is 19.2 Å².